The highest BCUT2D eigenvalue weighted by Crippen LogP contribution is 2.44. The number of Topliss-reactive ketones (excluding diaryl/α,β-unsaturated/α-hetero) is 1. The molecule has 8 nitrogen and oxygen atoms in total. The number of hydrogen-bond acceptors (Lipinski definition) is 9. The zero-order valence-electron chi connectivity index (χ0n) is 24.4. The Morgan fingerprint density at radius 1 is 0.909 bits per heavy atom. The Kier molecular flexibility index (Phi) is 10.6. The average molecular weight is 650 g/mol. The van der Waals surface area contributed by atoms with E-state index in [-0.39, 0.29) is 16.5 Å². The molecule has 4 aromatic rings. The van der Waals surface area contributed by atoms with Crippen LogP contribution in [0.15, 0.2) is 82.7 Å². The van der Waals surface area contributed by atoms with E-state index in [9.17, 15) is 14.7 Å². The summed E-state index contributed by atoms with van der Waals surface area (Å²) in [7, 11) is 0. The molecule has 0 spiro atoms. The quantitative estimate of drug-likeness (QED) is 0.0387. The predicted molar refractivity (Wildman–Crippen MR) is 175 cm³/mol. The maximum absolute atomic E-state index is 13.6. The number of aromatic nitrogens is 2. The number of aliphatic hydroxyl groups excluding tert-OH is 1. The summed E-state index contributed by atoms with van der Waals surface area (Å²) < 4.78 is 12.1. The van der Waals surface area contributed by atoms with Crippen LogP contribution in [0, 0.1) is 0 Å². The van der Waals surface area contributed by atoms with Gasteiger partial charge in [-0.1, -0.05) is 79.2 Å². The third-order valence-corrected chi connectivity index (χ3v) is 9.26. The van der Waals surface area contributed by atoms with Gasteiger partial charge in [0.05, 0.1) is 24.8 Å². The second-order valence-corrected chi connectivity index (χ2v) is 12.7. The van der Waals surface area contributed by atoms with Gasteiger partial charge < -0.3 is 14.6 Å². The van der Waals surface area contributed by atoms with Crippen molar-refractivity contribution in [3.05, 3.63) is 100 Å². The van der Waals surface area contributed by atoms with Crippen LogP contribution >= 0.6 is 34.7 Å². The maximum Gasteiger partial charge on any atom is 0.301 e. The fraction of sp³-hybridized carbons (Fsp3) is 0.273. The summed E-state index contributed by atoms with van der Waals surface area (Å²) in [5, 5.41) is 21.0. The molecule has 1 aliphatic rings. The monoisotopic (exact) mass is 649 g/mol. The third-order valence-electron chi connectivity index (χ3n) is 6.88. The van der Waals surface area contributed by atoms with Crippen LogP contribution in [0.25, 0.3) is 5.76 Å². The number of amides is 1. The molecule has 1 fully saturated rings. The molecule has 0 aliphatic carbocycles. The topological polar surface area (TPSA) is 102 Å². The molecule has 11 heteroatoms. The van der Waals surface area contributed by atoms with Crippen molar-refractivity contribution in [3.63, 3.8) is 0 Å². The molecule has 1 aliphatic heterocycles. The summed E-state index contributed by atoms with van der Waals surface area (Å²) in [6, 6.07) is 20.6. The number of thioether (sulfide) groups is 1. The molecule has 228 valence electrons. The average Bonchev–Trinajstić information content (AvgIpc) is 3.61. The van der Waals surface area contributed by atoms with Crippen LogP contribution in [0.3, 0.4) is 0 Å². The van der Waals surface area contributed by atoms with Gasteiger partial charge in [0, 0.05) is 16.3 Å². The van der Waals surface area contributed by atoms with Gasteiger partial charge in [0.2, 0.25) is 5.13 Å². The second kappa shape index (κ2) is 14.7. The van der Waals surface area contributed by atoms with Gasteiger partial charge in [0.15, 0.2) is 4.34 Å². The molecule has 1 amide bonds. The molecule has 2 heterocycles. The van der Waals surface area contributed by atoms with Crippen LogP contribution in [-0.4, -0.2) is 40.2 Å². The first-order valence-electron chi connectivity index (χ1n) is 14.4. The van der Waals surface area contributed by atoms with Crippen molar-refractivity contribution < 1.29 is 24.2 Å². The molecule has 0 bridgehead atoms. The van der Waals surface area contributed by atoms with E-state index in [1.807, 2.05) is 31.2 Å². The van der Waals surface area contributed by atoms with E-state index in [0.717, 1.165) is 24.8 Å². The van der Waals surface area contributed by atoms with Crippen molar-refractivity contribution in [1.82, 2.24) is 10.2 Å². The lowest BCUT2D eigenvalue weighted by Crippen LogP contribution is -2.29. The van der Waals surface area contributed by atoms with E-state index in [4.69, 9.17) is 21.1 Å². The first-order chi connectivity index (χ1) is 21.4. The molecule has 1 aromatic heterocycles. The summed E-state index contributed by atoms with van der Waals surface area (Å²) >= 11 is 8.69. The van der Waals surface area contributed by atoms with Gasteiger partial charge >= 0.3 is 5.91 Å². The molecule has 0 saturated carbocycles. The molecule has 5 rings (SSSR count). The molecule has 44 heavy (non-hydrogen) atoms. The molecule has 1 saturated heterocycles. The number of anilines is 1. The maximum atomic E-state index is 13.6. The van der Waals surface area contributed by atoms with Gasteiger partial charge in [-0.25, -0.2) is 0 Å². The van der Waals surface area contributed by atoms with Crippen LogP contribution < -0.4 is 14.4 Å². The summed E-state index contributed by atoms with van der Waals surface area (Å²) in [4.78, 5) is 28.5. The van der Waals surface area contributed by atoms with Gasteiger partial charge in [0.25, 0.3) is 5.78 Å². The summed E-state index contributed by atoms with van der Waals surface area (Å²) in [6.45, 7) is 5.27. The number of nitrogens with zero attached hydrogens (tertiary/aromatic N) is 3. The van der Waals surface area contributed by atoms with Gasteiger partial charge in [-0.05, 0) is 72.5 Å². The van der Waals surface area contributed by atoms with Crippen molar-refractivity contribution in [1.29, 1.82) is 0 Å². The first kappa shape index (κ1) is 31.6. The Balaban J connectivity index is 1.48. The van der Waals surface area contributed by atoms with E-state index in [1.54, 1.807) is 48.5 Å². The largest absolute Gasteiger partial charge is 0.507 e. The van der Waals surface area contributed by atoms with E-state index in [2.05, 4.69) is 17.1 Å². The van der Waals surface area contributed by atoms with E-state index < -0.39 is 17.7 Å². The smallest absolute Gasteiger partial charge is 0.301 e. The molecular weight excluding hydrogens is 618 g/mol. The third kappa shape index (κ3) is 7.26. The Hall–Kier alpha value is -3.86. The Morgan fingerprint density at radius 2 is 1.57 bits per heavy atom. The van der Waals surface area contributed by atoms with Crippen molar-refractivity contribution in [2.75, 3.05) is 18.1 Å². The summed E-state index contributed by atoms with van der Waals surface area (Å²) in [6.07, 6.45) is 2.81. The van der Waals surface area contributed by atoms with Crippen LogP contribution in [0.4, 0.5) is 5.13 Å². The number of ether oxygens (including phenoxy) is 2. The molecule has 3 aromatic carbocycles. The standard InChI is InChI=1S/C33H32ClN3O5S2/c1-3-5-19-42-26-16-10-23(11-17-26)29(38)27-28(22-8-14-25(15-9-22)41-18-4-2)37(31(40)30(27)39)32-35-36-33(44-32)43-20-21-6-12-24(34)13-7-21/h6-17,28,38H,3-5,18-20H2,1-2H3/t28-/m0/s1. The molecular formula is C33H32ClN3O5S2. The van der Waals surface area contributed by atoms with E-state index in [1.165, 1.54) is 28.0 Å². The van der Waals surface area contributed by atoms with Crippen LogP contribution in [0.2, 0.25) is 5.02 Å². The molecule has 1 atom stereocenters. The van der Waals surface area contributed by atoms with E-state index in [0.29, 0.717) is 51.0 Å². The zero-order chi connectivity index (χ0) is 31.1. The van der Waals surface area contributed by atoms with Crippen LogP contribution in [0.5, 0.6) is 11.5 Å². The number of benzene rings is 3. The Morgan fingerprint density at radius 3 is 2.23 bits per heavy atom. The fourth-order valence-electron chi connectivity index (χ4n) is 4.59. The normalized spacial score (nSPS) is 16.0. The summed E-state index contributed by atoms with van der Waals surface area (Å²) in [5.74, 6) is 0.102. The minimum atomic E-state index is -0.919. The zero-order valence-corrected chi connectivity index (χ0v) is 26.8. The lowest BCUT2D eigenvalue weighted by Gasteiger charge is -2.22. The summed E-state index contributed by atoms with van der Waals surface area (Å²) in [5.41, 5.74) is 2.06. The molecule has 0 unspecified atom stereocenters. The number of halogens is 1. The van der Waals surface area contributed by atoms with Gasteiger partial charge in [-0.2, -0.15) is 0 Å². The van der Waals surface area contributed by atoms with Gasteiger partial charge in [-0.3, -0.25) is 14.5 Å². The number of unbranched alkanes of at least 4 members (excludes halogenated alkanes) is 1. The number of ketones is 1. The number of rotatable bonds is 13. The lowest BCUT2D eigenvalue weighted by atomic mass is 9.95. The van der Waals surface area contributed by atoms with Crippen molar-refractivity contribution in [2.24, 2.45) is 0 Å². The number of carbonyl (C=O) groups is 2. The highest BCUT2D eigenvalue weighted by Gasteiger charge is 2.48. The minimum Gasteiger partial charge on any atom is -0.507 e. The number of aliphatic hydroxyl groups is 1. The van der Waals surface area contributed by atoms with Crippen LogP contribution in [0.1, 0.15) is 55.8 Å². The van der Waals surface area contributed by atoms with Gasteiger partial charge in [0.1, 0.15) is 17.3 Å². The highest BCUT2D eigenvalue weighted by molar-refractivity contribution is 8.00. The first-order valence-corrected chi connectivity index (χ1v) is 16.5. The SMILES string of the molecule is CCCCOc1ccc(C(O)=C2C(=O)C(=O)N(c3nnc(SCc4ccc(Cl)cc4)s3)[C@H]2c2ccc(OCCC)cc2)cc1. The van der Waals surface area contributed by atoms with Crippen molar-refractivity contribution in [3.8, 4) is 11.5 Å². The second-order valence-electron chi connectivity index (χ2n) is 10.1. The lowest BCUT2D eigenvalue weighted by molar-refractivity contribution is -0.132. The number of hydrogen-bond donors (Lipinski definition) is 1. The van der Waals surface area contributed by atoms with Crippen molar-refractivity contribution in [2.45, 2.75) is 49.2 Å². The Bertz CT molecular complexity index is 1620. The van der Waals surface area contributed by atoms with Crippen molar-refractivity contribution >= 4 is 57.3 Å². The van der Waals surface area contributed by atoms with Crippen LogP contribution in [-0.2, 0) is 15.3 Å². The minimum absolute atomic E-state index is 0.0255. The van der Waals surface area contributed by atoms with E-state index >= 15 is 0 Å². The predicted octanol–water partition coefficient (Wildman–Crippen LogP) is 8.08. The highest BCUT2D eigenvalue weighted by atomic mass is 35.5. The number of carbonyl (C=O) groups excluding carboxylic acids is 2. The van der Waals surface area contributed by atoms with Gasteiger partial charge in [-0.15, -0.1) is 10.2 Å². The molecule has 1 N–H and O–H groups in total. The molecule has 0 radical (unpaired) electrons. The fourth-order valence-corrected chi connectivity index (χ4v) is 6.54. The Labute approximate surface area is 269 Å².